The second-order valence-corrected chi connectivity index (χ2v) is 7.32. The van der Waals surface area contributed by atoms with E-state index in [9.17, 15) is 5.11 Å². The fraction of sp³-hybridized carbons (Fsp3) is 0.368. The minimum absolute atomic E-state index is 0.413. The highest BCUT2D eigenvalue weighted by Gasteiger charge is 2.16. The highest BCUT2D eigenvalue weighted by atomic mass is 35.5. The van der Waals surface area contributed by atoms with Crippen molar-refractivity contribution in [2.24, 2.45) is 0 Å². The summed E-state index contributed by atoms with van der Waals surface area (Å²) in [6.45, 7) is 5.58. The van der Waals surface area contributed by atoms with Crippen LogP contribution in [0, 0.1) is 0 Å². The number of nitrogens with two attached hydrogens (primary N) is 1. The predicted molar refractivity (Wildman–Crippen MR) is 102 cm³/mol. The molecule has 0 unspecified atom stereocenters. The van der Waals surface area contributed by atoms with Crippen LogP contribution in [-0.4, -0.2) is 28.4 Å². The highest BCUT2D eigenvalue weighted by Crippen LogP contribution is 2.32. The normalized spacial score (nSPS) is 14.4. The van der Waals surface area contributed by atoms with Gasteiger partial charge in [-0.3, -0.25) is 0 Å². The van der Waals surface area contributed by atoms with Gasteiger partial charge in [0.05, 0.1) is 12.6 Å². The summed E-state index contributed by atoms with van der Waals surface area (Å²) in [6.07, 6.45) is 0.684. The number of benzene rings is 2. The van der Waals surface area contributed by atoms with Crippen LogP contribution in [0.2, 0.25) is 10.0 Å². The fourth-order valence-corrected chi connectivity index (χ4v) is 3.43. The molecule has 0 saturated heterocycles. The first-order chi connectivity index (χ1) is 11.5. The van der Waals surface area contributed by atoms with E-state index in [-0.39, 0.29) is 0 Å². The van der Waals surface area contributed by atoms with Crippen LogP contribution in [0.1, 0.15) is 20.3 Å². The minimum atomic E-state index is -0.413. The molecule has 0 bridgehead atoms. The van der Waals surface area contributed by atoms with Crippen molar-refractivity contribution >= 4 is 45.0 Å². The second kappa shape index (κ2) is 7.32. The highest BCUT2D eigenvalue weighted by molar-refractivity contribution is 6.33. The number of aromatic nitrogens is 1. The van der Waals surface area contributed by atoms with Gasteiger partial charge in [-0.1, -0.05) is 30.1 Å². The Hall–Kier alpha value is -1.26. The zero-order valence-electron chi connectivity index (χ0n) is 14.0. The largest absolute Gasteiger partial charge is 0.385 e. The number of rotatable bonds is 6. The molecule has 0 saturated carbocycles. The van der Waals surface area contributed by atoms with E-state index in [1.807, 2.05) is 36.4 Å². The molecule has 0 spiro atoms. The molecule has 128 valence electrons. The van der Waals surface area contributed by atoms with E-state index in [0.29, 0.717) is 29.2 Å². The number of aliphatic hydroxyl groups is 1. The predicted octanol–water partition coefficient (Wildman–Crippen LogP) is 3.82. The van der Waals surface area contributed by atoms with Crippen molar-refractivity contribution in [2.75, 3.05) is 6.54 Å². The lowest BCUT2D eigenvalue weighted by atomic mass is 10.1. The molecule has 0 amide bonds. The number of hydrogen-bond acceptors (Lipinski definition) is 1. The van der Waals surface area contributed by atoms with Gasteiger partial charge < -0.3 is 15.0 Å². The molecule has 0 fully saturated rings. The van der Waals surface area contributed by atoms with E-state index in [0.717, 1.165) is 28.2 Å². The Kier molecular flexibility index (Phi) is 5.36. The van der Waals surface area contributed by atoms with Crippen LogP contribution < -0.4 is 5.32 Å². The summed E-state index contributed by atoms with van der Waals surface area (Å²) in [5.41, 5.74) is 2.14. The number of halogens is 2. The van der Waals surface area contributed by atoms with Crippen LogP contribution in [-0.2, 0) is 6.54 Å². The Labute approximate surface area is 152 Å². The molecule has 0 radical (unpaired) electrons. The van der Waals surface area contributed by atoms with Crippen molar-refractivity contribution in [2.45, 2.75) is 39.0 Å². The van der Waals surface area contributed by atoms with Crippen LogP contribution in [0.4, 0.5) is 0 Å². The zero-order chi connectivity index (χ0) is 17.3. The Morgan fingerprint density at radius 1 is 1.04 bits per heavy atom. The smallest absolute Gasteiger partial charge is 0.121 e. The lowest BCUT2D eigenvalue weighted by Gasteiger charge is -2.15. The first-order valence-corrected chi connectivity index (χ1v) is 9.13. The van der Waals surface area contributed by atoms with Crippen molar-refractivity contribution < 1.29 is 10.4 Å². The molecule has 2 atom stereocenters. The van der Waals surface area contributed by atoms with Gasteiger partial charge in [0, 0.05) is 31.9 Å². The average molecular weight is 366 g/mol. The molecule has 3 aromatic rings. The maximum atomic E-state index is 10.5. The topological polar surface area (TPSA) is 41.8 Å². The molecule has 3 N–H and O–H groups in total. The monoisotopic (exact) mass is 365 g/mol. The SMILES string of the molecule is CC[C@H](C)[NH2+]C[C@H](O)Cn1c2ccc(Cl)cc2c2cc(Cl)ccc21. The first-order valence-electron chi connectivity index (χ1n) is 8.38. The van der Waals surface area contributed by atoms with Crippen LogP contribution in [0.3, 0.4) is 0 Å². The molecule has 0 aliphatic rings. The summed E-state index contributed by atoms with van der Waals surface area (Å²) in [4.78, 5) is 0. The molecule has 0 aliphatic heterocycles. The van der Waals surface area contributed by atoms with Crippen molar-refractivity contribution in [1.29, 1.82) is 0 Å². The Bertz CT molecular complexity index is 800. The molecule has 0 aliphatic carbocycles. The number of fused-ring (bicyclic) bond motifs is 3. The first kappa shape index (κ1) is 17.6. The van der Waals surface area contributed by atoms with Gasteiger partial charge in [0.1, 0.15) is 12.6 Å². The van der Waals surface area contributed by atoms with Gasteiger partial charge in [-0.2, -0.15) is 0 Å². The van der Waals surface area contributed by atoms with Gasteiger partial charge in [0.2, 0.25) is 0 Å². The number of aliphatic hydroxyl groups excluding tert-OH is 1. The summed E-state index contributed by atoms with van der Waals surface area (Å²) in [7, 11) is 0. The third-order valence-electron chi connectivity index (χ3n) is 4.64. The summed E-state index contributed by atoms with van der Waals surface area (Å²) in [5, 5.41) is 16.2. The van der Waals surface area contributed by atoms with Crippen molar-refractivity contribution in [3.05, 3.63) is 46.4 Å². The summed E-state index contributed by atoms with van der Waals surface area (Å²) >= 11 is 12.4. The molecule has 3 nitrogen and oxygen atoms in total. The summed E-state index contributed by atoms with van der Waals surface area (Å²) in [5.74, 6) is 0. The van der Waals surface area contributed by atoms with Gasteiger partial charge in [-0.05, 0) is 49.7 Å². The van der Waals surface area contributed by atoms with Crippen molar-refractivity contribution in [1.82, 2.24) is 4.57 Å². The van der Waals surface area contributed by atoms with Crippen molar-refractivity contribution in [3.8, 4) is 0 Å². The summed E-state index contributed by atoms with van der Waals surface area (Å²) in [6, 6.07) is 12.2. The lowest BCUT2D eigenvalue weighted by molar-refractivity contribution is -0.692. The van der Waals surface area contributed by atoms with E-state index in [4.69, 9.17) is 23.2 Å². The van der Waals surface area contributed by atoms with E-state index >= 15 is 0 Å². The molecule has 1 heterocycles. The number of nitrogens with zero attached hydrogens (tertiary/aromatic N) is 1. The molecule has 24 heavy (non-hydrogen) atoms. The molecule has 3 rings (SSSR count). The second-order valence-electron chi connectivity index (χ2n) is 6.44. The van der Waals surface area contributed by atoms with Crippen molar-refractivity contribution in [3.63, 3.8) is 0 Å². The Morgan fingerprint density at radius 2 is 1.58 bits per heavy atom. The van der Waals surface area contributed by atoms with Gasteiger partial charge >= 0.3 is 0 Å². The van der Waals surface area contributed by atoms with E-state index < -0.39 is 6.10 Å². The van der Waals surface area contributed by atoms with Crippen LogP contribution in [0.15, 0.2) is 36.4 Å². The standard InChI is InChI=1S/C19H22Cl2N2O/c1-3-12(2)22-10-15(24)11-23-18-6-4-13(20)8-16(18)17-9-14(21)5-7-19(17)23/h4-9,12,15,22,24H,3,10-11H2,1-2H3/p+1/t12-,15-/m0/s1. The molecule has 1 aromatic heterocycles. The van der Waals surface area contributed by atoms with Crippen LogP contribution >= 0.6 is 23.2 Å². The van der Waals surface area contributed by atoms with E-state index in [1.54, 1.807) is 0 Å². The van der Waals surface area contributed by atoms with Crippen LogP contribution in [0.5, 0.6) is 0 Å². The van der Waals surface area contributed by atoms with Gasteiger partial charge in [-0.15, -0.1) is 0 Å². The third-order valence-corrected chi connectivity index (χ3v) is 5.11. The molecule has 2 aromatic carbocycles. The minimum Gasteiger partial charge on any atom is -0.385 e. The Balaban J connectivity index is 1.99. The maximum absolute atomic E-state index is 10.5. The average Bonchev–Trinajstić information content (AvgIpc) is 2.85. The summed E-state index contributed by atoms with van der Waals surface area (Å²) < 4.78 is 2.16. The van der Waals surface area contributed by atoms with Gasteiger partial charge in [0.15, 0.2) is 0 Å². The van der Waals surface area contributed by atoms with E-state index in [2.05, 4.69) is 23.7 Å². The molecule has 5 heteroatoms. The van der Waals surface area contributed by atoms with Gasteiger partial charge in [0.25, 0.3) is 0 Å². The molecular weight excluding hydrogens is 343 g/mol. The zero-order valence-corrected chi connectivity index (χ0v) is 15.5. The Morgan fingerprint density at radius 3 is 2.08 bits per heavy atom. The maximum Gasteiger partial charge on any atom is 0.121 e. The lowest BCUT2D eigenvalue weighted by Crippen LogP contribution is -2.91. The fourth-order valence-electron chi connectivity index (χ4n) is 3.09. The van der Waals surface area contributed by atoms with Gasteiger partial charge in [-0.25, -0.2) is 0 Å². The number of quaternary nitrogens is 1. The quantitative estimate of drug-likeness (QED) is 0.684. The third kappa shape index (κ3) is 3.55. The number of hydrogen-bond donors (Lipinski definition) is 2. The molecular formula is C19H23Cl2N2O+. The van der Waals surface area contributed by atoms with Crippen LogP contribution in [0.25, 0.3) is 21.8 Å². The van der Waals surface area contributed by atoms with E-state index in [1.165, 1.54) is 0 Å².